The minimum Gasteiger partial charge on any atom is -0.461 e. The highest BCUT2D eigenvalue weighted by atomic mass is 35.5. The van der Waals surface area contributed by atoms with Gasteiger partial charge in [0.15, 0.2) is 11.5 Å². The fourth-order valence-corrected chi connectivity index (χ4v) is 3.42. The summed E-state index contributed by atoms with van der Waals surface area (Å²) in [6.07, 6.45) is 0. The average Bonchev–Trinajstić information content (AvgIpc) is 2.65. The first-order chi connectivity index (χ1) is 14.0. The number of esters is 1. The molecule has 0 bridgehead atoms. The molecule has 8 heteroatoms. The van der Waals surface area contributed by atoms with Crippen LogP contribution < -0.4 is 5.43 Å². The second-order valence-electron chi connectivity index (χ2n) is 7.62. The molecule has 0 radical (unpaired) electrons. The molecule has 1 N–H and O–H groups in total. The van der Waals surface area contributed by atoms with E-state index >= 15 is 0 Å². The third-order valence-electron chi connectivity index (χ3n) is 4.24. The number of carbonyl (C=O) groups is 2. The zero-order chi connectivity index (χ0) is 22.5. The standard InChI is InChI=1S/C22H23Cl3N2O3/c1-5-30-21(29)19(27-26-17-11-10-15(24)12-16(17)25)18(22(2,3)4)20(28)13-6-8-14(23)9-7-13/h6-12,18,26H,5H2,1-4H3/b27-19-. The Labute approximate surface area is 191 Å². The molecule has 30 heavy (non-hydrogen) atoms. The molecule has 0 aliphatic heterocycles. The fraction of sp³-hybridized carbons (Fsp3) is 0.318. The van der Waals surface area contributed by atoms with E-state index in [-0.39, 0.29) is 18.1 Å². The maximum Gasteiger partial charge on any atom is 0.355 e. The van der Waals surface area contributed by atoms with Crippen LogP contribution in [-0.2, 0) is 9.53 Å². The Kier molecular flexibility index (Phi) is 8.30. The monoisotopic (exact) mass is 468 g/mol. The molecule has 0 aromatic heterocycles. The SMILES string of the molecule is CCOC(=O)/C(=N\Nc1ccc(Cl)cc1Cl)C(C(=O)c1ccc(Cl)cc1)C(C)(C)C. The molecule has 1 atom stereocenters. The molecule has 2 rings (SSSR count). The van der Waals surface area contributed by atoms with E-state index < -0.39 is 17.3 Å². The minimum absolute atomic E-state index is 0.0460. The number of Topliss-reactive ketones (excluding diaryl/α,β-unsaturated/α-hetero) is 1. The predicted octanol–water partition coefficient (Wildman–Crippen LogP) is 6.52. The molecule has 160 valence electrons. The summed E-state index contributed by atoms with van der Waals surface area (Å²) in [4.78, 5) is 26.1. The van der Waals surface area contributed by atoms with Crippen LogP contribution in [0.1, 0.15) is 38.1 Å². The number of ketones is 1. The molecule has 2 aromatic rings. The number of hydrogen-bond acceptors (Lipinski definition) is 5. The van der Waals surface area contributed by atoms with Crippen LogP contribution in [0.2, 0.25) is 15.1 Å². The minimum atomic E-state index is -0.878. The molecule has 1 unspecified atom stereocenters. The Morgan fingerprint density at radius 1 is 1.03 bits per heavy atom. The van der Waals surface area contributed by atoms with Crippen LogP contribution in [0.4, 0.5) is 5.69 Å². The Bertz CT molecular complexity index is 951. The van der Waals surface area contributed by atoms with Crippen LogP contribution in [0, 0.1) is 11.3 Å². The molecular weight excluding hydrogens is 447 g/mol. The summed E-state index contributed by atoms with van der Waals surface area (Å²) in [5.41, 5.74) is 2.95. The molecular formula is C22H23Cl3N2O3. The van der Waals surface area contributed by atoms with Gasteiger partial charge in [-0.05, 0) is 54.8 Å². The second kappa shape index (κ2) is 10.3. The van der Waals surface area contributed by atoms with Gasteiger partial charge in [-0.2, -0.15) is 5.10 Å². The van der Waals surface area contributed by atoms with E-state index in [1.165, 1.54) is 0 Å². The summed E-state index contributed by atoms with van der Waals surface area (Å²) in [6.45, 7) is 7.40. The van der Waals surface area contributed by atoms with Crippen molar-refractivity contribution >= 4 is 58.0 Å². The summed E-state index contributed by atoms with van der Waals surface area (Å²) in [5, 5.41) is 5.55. The first-order valence-corrected chi connectivity index (χ1v) is 10.4. The van der Waals surface area contributed by atoms with Crippen LogP contribution in [-0.4, -0.2) is 24.1 Å². The number of anilines is 1. The molecule has 0 aliphatic rings. The van der Waals surface area contributed by atoms with Crippen molar-refractivity contribution in [3.63, 3.8) is 0 Å². The van der Waals surface area contributed by atoms with Crippen molar-refractivity contribution in [1.82, 2.24) is 0 Å². The smallest absolute Gasteiger partial charge is 0.355 e. The number of carbonyl (C=O) groups excluding carboxylic acids is 2. The molecule has 0 heterocycles. The van der Waals surface area contributed by atoms with Gasteiger partial charge in [-0.3, -0.25) is 10.2 Å². The Balaban J connectivity index is 2.51. The summed E-state index contributed by atoms with van der Waals surface area (Å²) < 4.78 is 5.19. The van der Waals surface area contributed by atoms with E-state index in [1.54, 1.807) is 49.4 Å². The van der Waals surface area contributed by atoms with Crippen molar-refractivity contribution in [2.24, 2.45) is 16.4 Å². The Hall–Kier alpha value is -2.08. The average molecular weight is 470 g/mol. The van der Waals surface area contributed by atoms with Crippen LogP contribution in [0.15, 0.2) is 47.6 Å². The highest BCUT2D eigenvalue weighted by Gasteiger charge is 2.40. The van der Waals surface area contributed by atoms with Crippen LogP contribution in [0.25, 0.3) is 0 Å². The van der Waals surface area contributed by atoms with Crippen LogP contribution in [0.3, 0.4) is 0 Å². The quantitative estimate of drug-likeness (QED) is 0.217. The van der Waals surface area contributed by atoms with Gasteiger partial charge >= 0.3 is 5.97 Å². The topological polar surface area (TPSA) is 67.8 Å². The van der Waals surface area contributed by atoms with Crippen LogP contribution >= 0.6 is 34.8 Å². The predicted molar refractivity (Wildman–Crippen MR) is 123 cm³/mol. The molecule has 5 nitrogen and oxygen atoms in total. The molecule has 0 spiro atoms. The fourth-order valence-electron chi connectivity index (χ4n) is 2.84. The number of nitrogens with one attached hydrogen (secondary N) is 1. The van der Waals surface area contributed by atoms with Crippen molar-refractivity contribution in [1.29, 1.82) is 0 Å². The summed E-state index contributed by atoms with van der Waals surface area (Å²) in [5.74, 6) is -1.83. The van der Waals surface area contributed by atoms with Crippen molar-refractivity contribution < 1.29 is 14.3 Å². The van der Waals surface area contributed by atoms with Gasteiger partial charge < -0.3 is 4.74 Å². The van der Waals surface area contributed by atoms with E-state index in [2.05, 4.69) is 10.5 Å². The molecule has 0 amide bonds. The number of hydrazone groups is 1. The van der Waals surface area contributed by atoms with Gasteiger partial charge in [-0.15, -0.1) is 0 Å². The lowest BCUT2D eigenvalue weighted by atomic mass is 9.73. The van der Waals surface area contributed by atoms with Crippen molar-refractivity contribution in [3.05, 3.63) is 63.1 Å². The second-order valence-corrected chi connectivity index (χ2v) is 8.90. The third-order valence-corrected chi connectivity index (χ3v) is 5.04. The first kappa shape index (κ1) is 24.2. The van der Waals surface area contributed by atoms with Gasteiger partial charge in [0.05, 0.1) is 23.2 Å². The van der Waals surface area contributed by atoms with E-state index in [0.717, 1.165) is 0 Å². The van der Waals surface area contributed by atoms with Crippen molar-refractivity contribution in [2.75, 3.05) is 12.0 Å². The van der Waals surface area contributed by atoms with Gasteiger partial charge in [-0.25, -0.2) is 4.79 Å². The normalized spacial score (nSPS) is 13.0. The van der Waals surface area contributed by atoms with Gasteiger partial charge in [0.2, 0.25) is 0 Å². The highest BCUT2D eigenvalue weighted by Crippen LogP contribution is 2.32. The molecule has 0 aliphatic carbocycles. The maximum atomic E-state index is 13.4. The van der Waals surface area contributed by atoms with Crippen molar-refractivity contribution in [2.45, 2.75) is 27.7 Å². The maximum absolute atomic E-state index is 13.4. The lowest BCUT2D eigenvalue weighted by Crippen LogP contribution is -2.41. The zero-order valence-corrected chi connectivity index (χ0v) is 19.4. The molecule has 0 fully saturated rings. The zero-order valence-electron chi connectivity index (χ0n) is 17.1. The van der Waals surface area contributed by atoms with E-state index in [9.17, 15) is 9.59 Å². The lowest BCUT2D eigenvalue weighted by molar-refractivity contribution is -0.135. The number of halogens is 3. The van der Waals surface area contributed by atoms with E-state index in [1.807, 2.05) is 20.8 Å². The first-order valence-electron chi connectivity index (χ1n) is 9.30. The molecule has 2 aromatic carbocycles. The third kappa shape index (κ3) is 6.21. The van der Waals surface area contributed by atoms with Gasteiger partial charge in [-0.1, -0.05) is 55.6 Å². The van der Waals surface area contributed by atoms with E-state index in [0.29, 0.717) is 26.3 Å². The molecule has 0 saturated carbocycles. The number of hydrogen-bond donors (Lipinski definition) is 1. The summed E-state index contributed by atoms with van der Waals surface area (Å²) >= 11 is 18.1. The number of ether oxygens (including phenoxy) is 1. The lowest BCUT2D eigenvalue weighted by Gasteiger charge is -2.29. The molecule has 0 saturated heterocycles. The van der Waals surface area contributed by atoms with Gasteiger partial charge in [0.1, 0.15) is 0 Å². The summed E-state index contributed by atoms with van der Waals surface area (Å²) in [6, 6.07) is 11.3. The van der Waals surface area contributed by atoms with Crippen molar-refractivity contribution in [3.8, 4) is 0 Å². The largest absolute Gasteiger partial charge is 0.461 e. The number of benzene rings is 2. The summed E-state index contributed by atoms with van der Waals surface area (Å²) in [7, 11) is 0. The number of rotatable bonds is 7. The van der Waals surface area contributed by atoms with Gasteiger partial charge in [0.25, 0.3) is 0 Å². The van der Waals surface area contributed by atoms with E-state index in [4.69, 9.17) is 39.5 Å². The van der Waals surface area contributed by atoms with Crippen LogP contribution in [0.5, 0.6) is 0 Å². The Morgan fingerprint density at radius 2 is 1.63 bits per heavy atom. The highest BCUT2D eigenvalue weighted by molar-refractivity contribution is 6.42. The van der Waals surface area contributed by atoms with Gasteiger partial charge in [0, 0.05) is 15.6 Å². The number of nitrogens with zero attached hydrogens (tertiary/aromatic N) is 1. The Morgan fingerprint density at radius 3 is 2.17 bits per heavy atom.